The summed E-state index contributed by atoms with van der Waals surface area (Å²) in [6.45, 7) is 2.32. The maximum atomic E-state index is 12.4. The lowest BCUT2D eigenvalue weighted by Crippen LogP contribution is -2.44. The molecular weight excluding hydrogens is 428 g/mol. The van der Waals surface area contributed by atoms with Crippen LogP contribution in [0, 0.1) is 0 Å². The van der Waals surface area contributed by atoms with Crippen LogP contribution in [-0.4, -0.2) is 25.0 Å². The number of rotatable bonds is 9. The lowest BCUT2D eigenvalue weighted by atomic mass is 10.1. The predicted molar refractivity (Wildman–Crippen MR) is 124 cm³/mol. The molecule has 0 aromatic heterocycles. The van der Waals surface area contributed by atoms with Crippen LogP contribution < -0.4 is 20.1 Å². The van der Waals surface area contributed by atoms with Crippen LogP contribution in [0.25, 0.3) is 0 Å². The van der Waals surface area contributed by atoms with Gasteiger partial charge in [0.1, 0.15) is 12.6 Å². The van der Waals surface area contributed by atoms with Gasteiger partial charge in [-0.25, -0.2) is 0 Å². The highest BCUT2D eigenvalue weighted by Gasteiger charge is 2.18. The SMILES string of the molecule is COc1cc(CNC(=O)C(C)NC(=O)c2ccccc2Cl)ccc1OCc1ccccc1. The van der Waals surface area contributed by atoms with Crippen LogP contribution in [0.3, 0.4) is 0 Å². The smallest absolute Gasteiger partial charge is 0.253 e. The largest absolute Gasteiger partial charge is 0.493 e. The molecule has 1 atom stereocenters. The fraction of sp³-hybridized carbons (Fsp3) is 0.200. The summed E-state index contributed by atoms with van der Waals surface area (Å²) < 4.78 is 11.3. The zero-order valence-electron chi connectivity index (χ0n) is 17.9. The summed E-state index contributed by atoms with van der Waals surface area (Å²) in [6, 6.07) is 21.3. The first-order valence-electron chi connectivity index (χ1n) is 10.1. The maximum Gasteiger partial charge on any atom is 0.253 e. The summed E-state index contributed by atoms with van der Waals surface area (Å²) in [4.78, 5) is 24.8. The molecule has 2 N–H and O–H groups in total. The molecule has 6 nitrogen and oxygen atoms in total. The average Bonchev–Trinajstić information content (AvgIpc) is 2.82. The van der Waals surface area contributed by atoms with Crippen molar-refractivity contribution in [2.24, 2.45) is 0 Å². The van der Waals surface area contributed by atoms with Gasteiger partial charge >= 0.3 is 0 Å². The van der Waals surface area contributed by atoms with Crippen molar-refractivity contribution in [1.29, 1.82) is 0 Å². The highest BCUT2D eigenvalue weighted by molar-refractivity contribution is 6.33. The summed E-state index contributed by atoms with van der Waals surface area (Å²) in [5.41, 5.74) is 2.22. The van der Waals surface area contributed by atoms with Gasteiger partial charge in [0.15, 0.2) is 11.5 Å². The van der Waals surface area contributed by atoms with E-state index < -0.39 is 11.9 Å². The molecular formula is C25H25ClN2O4. The second-order valence-corrected chi connectivity index (χ2v) is 7.56. The Hall–Kier alpha value is -3.51. The molecule has 3 aromatic carbocycles. The normalized spacial score (nSPS) is 11.3. The van der Waals surface area contributed by atoms with Gasteiger partial charge in [-0.3, -0.25) is 9.59 Å². The van der Waals surface area contributed by atoms with Crippen molar-refractivity contribution >= 4 is 23.4 Å². The standard InChI is InChI=1S/C25H25ClN2O4/c1-17(28-25(30)20-10-6-7-11-21(20)26)24(29)27-15-19-12-13-22(23(14-19)31-2)32-16-18-8-4-3-5-9-18/h3-14,17H,15-16H2,1-2H3,(H,27,29)(H,28,30). The highest BCUT2D eigenvalue weighted by atomic mass is 35.5. The van der Waals surface area contributed by atoms with Crippen molar-refractivity contribution < 1.29 is 19.1 Å². The summed E-state index contributed by atoms with van der Waals surface area (Å²) in [7, 11) is 1.57. The Bertz CT molecular complexity index is 1070. The molecule has 3 rings (SSSR count). The number of benzene rings is 3. The van der Waals surface area contributed by atoms with Gasteiger partial charge in [0.05, 0.1) is 17.7 Å². The molecule has 0 bridgehead atoms. The molecule has 166 valence electrons. The van der Waals surface area contributed by atoms with Crippen molar-refractivity contribution in [2.75, 3.05) is 7.11 Å². The van der Waals surface area contributed by atoms with Gasteiger partial charge in [-0.2, -0.15) is 0 Å². The molecule has 32 heavy (non-hydrogen) atoms. The zero-order chi connectivity index (χ0) is 22.9. The fourth-order valence-electron chi connectivity index (χ4n) is 3.00. The summed E-state index contributed by atoms with van der Waals surface area (Å²) in [5, 5.41) is 5.81. The third kappa shape index (κ3) is 6.25. The van der Waals surface area contributed by atoms with Gasteiger partial charge in [0, 0.05) is 6.54 Å². The molecule has 1 unspecified atom stereocenters. The van der Waals surface area contributed by atoms with Gasteiger partial charge in [0.25, 0.3) is 5.91 Å². The van der Waals surface area contributed by atoms with E-state index in [-0.39, 0.29) is 12.5 Å². The van der Waals surface area contributed by atoms with E-state index in [2.05, 4.69) is 10.6 Å². The Labute approximate surface area is 192 Å². The number of hydrogen-bond acceptors (Lipinski definition) is 4. The topological polar surface area (TPSA) is 76.7 Å². The minimum absolute atomic E-state index is 0.278. The van der Waals surface area contributed by atoms with Gasteiger partial charge in [-0.05, 0) is 42.3 Å². The molecule has 0 fully saturated rings. The Balaban J connectivity index is 1.54. The van der Waals surface area contributed by atoms with E-state index in [0.29, 0.717) is 28.7 Å². The van der Waals surface area contributed by atoms with Crippen LogP contribution in [0.1, 0.15) is 28.4 Å². The van der Waals surface area contributed by atoms with Crippen LogP contribution in [0.5, 0.6) is 11.5 Å². The van der Waals surface area contributed by atoms with Crippen molar-refractivity contribution in [2.45, 2.75) is 26.1 Å². The van der Waals surface area contributed by atoms with Crippen molar-refractivity contribution in [3.8, 4) is 11.5 Å². The molecule has 0 aliphatic carbocycles. The highest BCUT2D eigenvalue weighted by Crippen LogP contribution is 2.28. The minimum atomic E-state index is -0.728. The number of halogens is 1. The number of amides is 2. The lowest BCUT2D eigenvalue weighted by molar-refractivity contribution is -0.122. The molecule has 3 aromatic rings. The number of ether oxygens (including phenoxy) is 2. The van der Waals surface area contributed by atoms with E-state index >= 15 is 0 Å². The summed E-state index contributed by atoms with van der Waals surface area (Å²) in [5.74, 6) is 0.480. The molecule has 0 saturated carbocycles. The number of methoxy groups -OCH3 is 1. The third-order valence-electron chi connectivity index (χ3n) is 4.79. The number of carbonyl (C=O) groups is 2. The molecule has 0 aliphatic heterocycles. The lowest BCUT2D eigenvalue weighted by Gasteiger charge is -2.16. The van der Waals surface area contributed by atoms with E-state index in [1.807, 2.05) is 48.5 Å². The van der Waals surface area contributed by atoms with E-state index in [0.717, 1.165) is 11.1 Å². The molecule has 7 heteroatoms. The predicted octanol–water partition coefficient (Wildman–Crippen LogP) is 4.36. The molecule has 0 saturated heterocycles. The maximum absolute atomic E-state index is 12.4. The van der Waals surface area contributed by atoms with Crippen molar-refractivity contribution in [3.63, 3.8) is 0 Å². The van der Waals surface area contributed by atoms with Gasteiger partial charge in [-0.1, -0.05) is 60.1 Å². The summed E-state index contributed by atoms with van der Waals surface area (Å²) >= 11 is 6.04. The monoisotopic (exact) mass is 452 g/mol. The van der Waals surface area contributed by atoms with Crippen LogP contribution in [0.15, 0.2) is 72.8 Å². The molecule has 0 heterocycles. The van der Waals surface area contributed by atoms with Gasteiger partial charge in [0.2, 0.25) is 5.91 Å². The van der Waals surface area contributed by atoms with Crippen LogP contribution in [-0.2, 0) is 17.9 Å². The van der Waals surface area contributed by atoms with Crippen molar-refractivity contribution in [1.82, 2.24) is 10.6 Å². The third-order valence-corrected chi connectivity index (χ3v) is 5.12. The second-order valence-electron chi connectivity index (χ2n) is 7.15. The molecule has 0 spiro atoms. The molecule has 0 radical (unpaired) electrons. The minimum Gasteiger partial charge on any atom is -0.493 e. The van der Waals surface area contributed by atoms with Crippen LogP contribution in [0.2, 0.25) is 5.02 Å². The van der Waals surface area contributed by atoms with Crippen molar-refractivity contribution in [3.05, 3.63) is 94.5 Å². The number of nitrogens with one attached hydrogen (secondary N) is 2. The Morgan fingerprint density at radius 1 is 0.938 bits per heavy atom. The number of carbonyl (C=O) groups excluding carboxylic acids is 2. The first kappa shape index (κ1) is 23.2. The Kier molecular flexibility index (Phi) is 8.11. The van der Waals surface area contributed by atoms with E-state index in [4.69, 9.17) is 21.1 Å². The van der Waals surface area contributed by atoms with E-state index in [9.17, 15) is 9.59 Å². The first-order chi connectivity index (χ1) is 15.5. The van der Waals surface area contributed by atoms with E-state index in [1.165, 1.54) is 0 Å². The molecule has 0 aliphatic rings. The quantitative estimate of drug-likeness (QED) is 0.505. The average molecular weight is 453 g/mol. The fourth-order valence-corrected chi connectivity index (χ4v) is 3.23. The Morgan fingerprint density at radius 3 is 2.38 bits per heavy atom. The van der Waals surface area contributed by atoms with Crippen LogP contribution in [0.4, 0.5) is 0 Å². The second kappa shape index (κ2) is 11.2. The first-order valence-corrected chi connectivity index (χ1v) is 10.5. The Morgan fingerprint density at radius 2 is 1.66 bits per heavy atom. The zero-order valence-corrected chi connectivity index (χ0v) is 18.7. The van der Waals surface area contributed by atoms with Gasteiger partial charge in [-0.15, -0.1) is 0 Å². The number of hydrogen-bond donors (Lipinski definition) is 2. The van der Waals surface area contributed by atoms with Gasteiger partial charge < -0.3 is 20.1 Å². The van der Waals surface area contributed by atoms with Crippen LogP contribution >= 0.6 is 11.6 Å². The summed E-state index contributed by atoms with van der Waals surface area (Å²) in [6.07, 6.45) is 0. The van der Waals surface area contributed by atoms with E-state index in [1.54, 1.807) is 38.3 Å². The molecule has 2 amide bonds.